The number of hydrogen-bond acceptors (Lipinski definition) is 1. The van der Waals surface area contributed by atoms with Crippen LogP contribution in [-0.4, -0.2) is 12.1 Å². The molecule has 1 N–H and O–H groups in total. The molecule has 0 saturated carbocycles. The zero-order valence-electron chi connectivity index (χ0n) is 8.34. The average molecular weight is 167 g/mol. The van der Waals surface area contributed by atoms with Crippen LogP contribution >= 0.6 is 0 Å². The fourth-order valence-electron chi connectivity index (χ4n) is 1.76. The van der Waals surface area contributed by atoms with Crippen molar-refractivity contribution in [3.63, 3.8) is 0 Å². The van der Waals surface area contributed by atoms with Crippen molar-refractivity contribution >= 4 is 0 Å². The van der Waals surface area contributed by atoms with Crippen molar-refractivity contribution in [2.75, 3.05) is 0 Å². The van der Waals surface area contributed by atoms with E-state index >= 15 is 0 Å². The Morgan fingerprint density at radius 2 is 2.25 bits per heavy atom. The Morgan fingerprint density at radius 1 is 1.42 bits per heavy atom. The van der Waals surface area contributed by atoms with Gasteiger partial charge in [0, 0.05) is 12.1 Å². The first kappa shape index (κ1) is 9.79. The minimum atomic E-state index is 0.653. The number of rotatable bonds is 3. The minimum absolute atomic E-state index is 0.653. The van der Waals surface area contributed by atoms with Gasteiger partial charge in [0.2, 0.25) is 0 Å². The summed E-state index contributed by atoms with van der Waals surface area (Å²) in [6.07, 6.45) is 11.2. The molecule has 1 heterocycles. The quantitative estimate of drug-likeness (QED) is 0.637. The maximum Gasteiger partial charge on any atom is 0.0252 e. The molecule has 70 valence electrons. The van der Waals surface area contributed by atoms with Crippen molar-refractivity contribution in [3.05, 3.63) is 12.2 Å². The monoisotopic (exact) mass is 167 g/mol. The number of hydrogen-bond donors (Lipinski definition) is 1. The van der Waals surface area contributed by atoms with Crippen LogP contribution in [0.5, 0.6) is 0 Å². The molecule has 0 aliphatic carbocycles. The lowest BCUT2D eigenvalue weighted by molar-refractivity contribution is 0.374. The summed E-state index contributed by atoms with van der Waals surface area (Å²) in [7, 11) is 0. The molecule has 0 unspecified atom stereocenters. The molecule has 0 radical (unpaired) electrons. The van der Waals surface area contributed by atoms with Crippen LogP contribution in [0.1, 0.15) is 46.0 Å². The second kappa shape index (κ2) is 5.36. The van der Waals surface area contributed by atoms with Crippen LogP contribution in [0, 0.1) is 0 Å². The van der Waals surface area contributed by atoms with Crippen LogP contribution in [-0.2, 0) is 0 Å². The molecule has 0 aromatic carbocycles. The number of unbranched alkanes of at least 4 members (excludes halogenated alkanes) is 1. The molecule has 1 aliphatic rings. The molecule has 0 bridgehead atoms. The molecular formula is C11H21N. The molecule has 0 aromatic rings. The van der Waals surface area contributed by atoms with Gasteiger partial charge in [-0.05, 0) is 26.2 Å². The predicted molar refractivity (Wildman–Crippen MR) is 54.3 cm³/mol. The maximum absolute atomic E-state index is 3.59. The largest absolute Gasteiger partial charge is 0.308 e. The van der Waals surface area contributed by atoms with E-state index in [-0.39, 0.29) is 0 Å². The summed E-state index contributed by atoms with van der Waals surface area (Å²) in [5.41, 5.74) is 0. The van der Waals surface area contributed by atoms with Gasteiger partial charge in [-0.15, -0.1) is 0 Å². The Bertz CT molecular complexity index is 140. The second-order valence-corrected chi connectivity index (χ2v) is 3.82. The van der Waals surface area contributed by atoms with Crippen molar-refractivity contribution < 1.29 is 0 Å². The van der Waals surface area contributed by atoms with E-state index in [4.69, 9.17) is 0 Å². The van der Waals surface area contributed by atoms with Crippen LogP contribution in [0.4, 0.5) is 0 Å². The molecule has 12 heavy (non-hydrogen) atoms. The molecule has 1 rings (SSSR count). The summed E-state index contributed by atoms with van der Waals surface area (Å²) in [6, 6.07) is 1.37. The summed E-state index contributed by atoms with van der Waals surface area (Å²) in [5, 5.41) is 3.59. The smallest absolute Gasteiger partial charge is 0.0252 e. The predicted octanol–water partition coefficient (Wildman–Crippen LogP) is 2.87. The Balaban J connectivity index is 2.22. The molecule has 1 aliphatic heterocycles. The summed E-state index contributed by atoms with van der Waals surface area (Å²) in [5.74, 6) is 0. The van der Waals surface area contributed by atoms with Gasteiger partial charge in [0.15, 0.2) is 0 Å². The molecule has 1 heteroatoms. The Morgan fingerprint density at radius 3 is 2.92 bits per heavy atom. The topological polar surface area (TPSA) is 12.0 Å². The number of allylic oxidation sites excluding steroid dienone is 1. The van der Waals surface area contributed by atoms with Crippen molar-refractivity contribution in [2.24, 2.45) is 0 Å². The minimum Gasteiger partial charge on any atom is -0.308 e. The van der Waals surface area contributed by atoms with E-state index in [1.54, 1.807) is 0 Å². The third-order valence-electron chi connectivity index (χ3n) is 2.47. The van der Waals surface area contributed by atoms with Gasteiger partial charge < -0.3 is 5.32 Å². The molecule has 1 saturated heterocycles. The van der Waals surface area contributed by atoms with Gasteiger partial charge in [-0.3, -0.25) is 0 Å². The standard InChI is InChI=1S/C11H21N/c1-3-4-5-8-11-9-6-7-10(2)12-11/h5,8,10-12H,3-4,6-7,9H2,1-2H3/b8-5+/t10-,11-/m1/s1. The van der Waals surface area contributed by atoms with Crippen LogP contribution < -0.4 is 5.32 Å². The first-order chi connectivity index (χ1) is 5.83. The zero-order valence-corrected chi connectivity index (χ0v) is 8.34. The third kappa shape index (κ3) is 3.40. The van der Waals surface area contributed by atoms with E-state index in [1.165, 1.54) is 32.1 Å². The summed E-state index contributed by atoms with van der Waals surface area (Å²) < 4.78 is 0. The SMILES string of the molecule is CCC/C=C/[C@@H]1CCC[C@@H](C)N1. The first-order valence-electron chi connectivity index (χ1n) is 5.25. The molecule has 0 aromatic heterocycles. The van der Waals surface area contributed by atoms with E-state index in [9.17, 15) is 0 Å². The van der Waals surface area contributed by atoms with Crippen LogP contribution in [0.15, 0.2) is 12.2 Å². The lowest BCUT2D eigenvalue weighted by atomic mass is 9.99. The lowest BCUT2D eigenvalue weighted by Crippen LogP contribution is -2.39. The van der Waals surface area contributed by atoms with Crippen molar-refractivity contribution in [1.29, 1.82) is 0 Å². The van der Waals surface area contributed by atoms with Gasteiger partial charge >= 0.3 is 0 Å². The molecule has 0 spiro atoms. The van der Waals surface area contributed by atoms with E-state index in [0.29, 0.717) is 6.04 Å². The highest BCUT2D eigenvalue weighted by Gasteiger charge is 2.14. The summed E-state index contributed by atoms with van der Waals surface area (Å²) in [4.78, 5) is 0. The van der Waals surface area contributed by atoms with Crippen molar-refractivity contribution in [2.45, 2.75) is 58.0 Å². The van der Waals surface area contributed by atoms with E-state index in [2.05, 4.69) is 31.3 Å². The van der Waals surface area contributed by atoms with Gasteiger partial charge in [0.05, 0.1) is 0 Å². The Labute approximate surface area is 76.2 Å². The van der Waals surface area contributed by atoms with Gasteiger partial charge in [-0.1, -0.05) is 31.9 Å². The van der Waals surface area contributed by atoms with Crippen LogP contribution in [0.2, 0.25) is 0 Å². The zero-order chi connectivity index (χ0) is 8.81. The Hall–Kier alpha value is -0.300. The van der Waals surface area contributed by atoms with Gasteiger partial charge in [0.25, 0.3) is 0 Å². The normalized spacial score (nSPS) is 31.2. The highest BCUT2D eigenvalue weighted by molar-refractivity contribution is 4.95. The highest BCUT2D eigenvalue weighted by atomic mass is 14.9. The van der Waals surface area contributed by atoms with Gasteiger partial charge in [-0.2, -0.15) is 0 Å². The molecule has 0 amide bonds. The molecule has 2 atom stereocenters. The molecule has 1 fully saturated rings. The van der Waals surface area contributed by atoms with Crippen LogP contribution in [0.3, 0.4) is 0 Å². The van der Waals surface area contributed by atoms with E-state index in [1.807, 2.05) is 0 Å². The van der Waals surface area contributed by atoms with E-state index < -0.39 is 0 Å². The van der Waals surface area contributed by atoms with Gasteiger partial charge in [0.1, 0.15) is 0 Å². The van der Waals surface area contributed by atoms with Crippen LogP contribution in [0.25, 0.3) is 0 Å². The number of piperidine rings is 1. The van der Waals surface area contributed by atoms with Gasteiger partial charge in [-0.25, -0.2) is 0 Å². The highest BCUT2D eigenvalue weighted by Crippen LogP contribution is 2.13. The average Bonchev–Trinajstić information content (AvgIpc) is 2.05. The van der Waals surface area contributed by atoms with Crippen molar-refractivity contribution in [1.82, 2.24) is 5.32 Å². The Kier molecular flexibility index (Phi) is 4.37. The molecule has 1 nitrogen and oxygen atoms in total. The molecular weight excluding hydrogens is 146 g/mol. The fraction of sp³-hybridized carbons (Fsp3) is 0.818. The number of nitrogens with one attached hydrogen (secondary N) is 1. The lowest BCUT2D eigenvalue weighted by Gasteiger charge is -2.26. The van der Waals surface area contributed by atoms with Crippen molar-refractivity contribution in [3.8, 4) is 0 Å². The second-order valence-electron chi connectivity index (χ2n) is 3.82. The van der Waals surface area contributed by atoms with E-state index in [0.717, 1.165) is 6.04 Å². The summed E-state index contributed by atoms with van der Waals surface area (Å²) >= 11 is 0. The first-order valence-corrected chi connectivity index (χ1v) is 5.25. The third-order valence-corrected chi connectivity index (χ3v) is 2.47. The fourth-order valence-corrected chi connectivity index (χ4v) is 1.76. The summed E-state index contributed by atoms with van der Waals surface area (Å²) in [6.45, 7) is 4.50. The maximum atomic E-state index is 3.59.